The first kappa shape index (κ1) is 11.1. The van der Waals surface area contributed by atoms with Crippen LogP contribution >= 0.6 is 0 Å². The fourth-order valence-corrected chi connectivity index (χ4v) is 2.09. The van der Waals surface area contributed by atoms with E-state index in [0.29, 0.717) is 19.5 Å². The third-order valence-corrected chi connectivity index (χ3v) is 3.13. The van der Waals surface area contributed by atoms with Crippen LogP contribution in [0.25, 0.3) is 0 Å². The number of aromatic nitrogens is 1. The summed E-state index contributed by atoms with van der Waals surface area (Å²) in [5, 5.41) is 13.0. The number of aryl methyl sites for hydroxylation is 1. The molecule has 1 fully saturated rings. The smallest absolute Gasteiger partial charge is 0.310 e. The second-order valence-corrected chi connectivity index (χ2v) is 4.76. The van der Waals surface area contributed by atoms with E-state index in [9.17, 15) is 4.79 Å². The highest BCUT2D eigenvalue weighted by Crippen LogP contribution is 2.30. The molecular weight excluding hydrogens is 208 g/mol. The largest absolute Gasteiger partial charge is 0.481 e. The molecule has 2 rings (SSSR count). The Bertz CT molecular complexity index is 402. The van der Waals surface area contributed by atoms with Crippen LogP contribution < -0.4 is 0 Å². The molecule has 16 heavy (non-hydrogen) atoms. The Morgan fingerprint density at radius 1 is 1.75 bits per heavy atom. The van der Waals surface area contributed by atoms with Gasteiger partial charge in [-0.2, -0.15) is 0 Å². The van der Waals surface area contributed by atoms with Crippen LogP contribution in [-0.2, 0) is 11.3 Å². The van der Waals surface area contributed by atoms with Crippen LogP contribution in [0.1, 0.15) is 24.8 Å². The molecule has 0 aliphatic carbocycles. The highest BCUT2D eigenvalue weighted by atomic mass is 16.5. The monoisotopic (exact) mass is 224 g/mol. The highest BCUT2D eigenvalue weighted by Gasteiger charge is 2.40. The van der Waals surface area contributed by atoms with E-state index in [4.69, 9.17) is 9.63 Å². The molecule has 1 N–H and O–H groups in total. The van der Waals surface area contributed by atoms with Crippen molar-refractivity contribution in [2.24, 2.45) is 5.41 Å². The number of carboxylic acid groups (broad SMARTS) is 1. The molecule has 2 heterocycles. The number of aliphatic carboxylic acids is 1. The Labute approximate surface area is 94.0 Å². The SMILES string of the molecule is Cc1cc(CN2CCC(C)(C(=O)O)C2)no1. The number of hydrogen-bond acceptors (Lipinski definition) is 4. The minimum absolute atomic E-state index is 0.578. The summed E-state index contributed by atoms with van der Waals surface area (Å²) in [5.74, 6) is 0.0709. The van der Waals surface area contributed by atoms with Gasteiger partial charge in [0.1, 0.15) is 5.76 Å². The number of hydrogen-bond donors (Lipinski definition) is 1. The summed E-state index contributed by atoms with van der Waals surface area (Å²) in [6.45, 7) is 5.69. The van der Waals surface area contributed by atoms with Crippen molar-refractivity contribution in [2.45, 2.75) is 26.8 Å². The minimum Gasteiger partial charge on any atom is -0.481 e. The fraction of sp³-hybridized carbons (Fsp3) is 0.636. The van der Waals surface area contributed by atoms with Gasteiger partial charge in [0.15, 0.2) is 0 Å². The third kappa shape index (κ3) is 2.09. The maximum Gasteiger partial charge on any atom is 0.310 e. The summed E-state index contributed by atoms with van der Waals surface area (Å²) >= 11 is 0. The lowest BCUT2D eigenvalue weighted by Crippen LogP contribution is -2.31. The van der Waals surface area contributed by atoms with Gasteiger partial charge in [-0.05, 0) is 26.8 Å². The van der Waals surface area contributed by atoms with Gasteiger partial charge < -0.3 is 9.63 Å². The van der Waals surface area contributed by atoms with Crippen molar-refractivity contribution in [3.63, 3.8) is 0 Å². The number of rotatable bonds is 3. The van der Waals surface area contributed by atoms with Gasteiger partial charge in [-0.1, -0.05) is 5.16 Å². The van der Waals surface area contributed by atoms with E-state index < -0.39 is 11.4 Å². The number of carbonyl (C=O) groups is 1. The molecule has 1 aromatic rings. The first-order valence-electron chi connectivity index (χ1n) is 5.37. The number of carboxylic acids is 1. The van der Waals surface area contributed by atoms with E-state index >= 15 is 0 Å². The van der Waals surface area contributed by atoms with Crippen LogP contribution in [0, 0.1) is 12.3 Å². The molecule has 0 spiro atoms. The van der Waals surface area contributed by atoms with Crippen molar-refractivity contribution < 1.29 is 14.4 Å². The molecular formula is C11H16N2O3. The first-order valence-corrected chi connectivity index (χ1v) is 5.37. The normalized spacial score (nSPS) is 26.1. The van der Waals surface area contributed by atoms with E-state index in [1.807, 2.05) is 13.0 Å². The summed E-state index contributed by atoms with van der Waals surface area (Å²) < 4.78 is 4.98. The quantitative estimate of drug-likeness (QED) is 0.837. The zero-order chi connectivity index (χ0) is 11.8. The molecule has 0 saturated carbocycles. The molecule has 0 amide bonds. The van der Waals surface area contributed by atoms with E-state index in [-0.39, 0.29) is 0 Å². The lowest BCUT2D eigenvalue weighted by molar-refractivity contribution is -0.147. The van der Waals surface area contributed by atoms with Gasteiger partial charge >= 0.3 is 5.97 Å². The molecule has 0 bridgehead atoms. The summed E-state index contributed by atoms with van der Waals surface area (Å²) in [5.41, 5.74) is 0.255. The van der Waals surface area contributed by atoms with Crippen molar-refractivity contribution in [1.82, 2.24) is 10.1 Å². The summed E-state index contributed by atoms with van der Waals surface area (Å²) in [7, 11) is 0. The molecule has 1 aromatic heterocycles. The van der Waals surface area contributed by atoms with Crippen molar-refractivity contribution in [1.29, 1.82) is 0 Å². The molecule has 5 nitrogen and oxygen atoms in total. The maximum atomic E-state index is 11.1. The molecule has 88 valence electrons. The van der Waals surface area contributed by atoms with Gasteiger partial charge in [0, 0.05) is 19.2 Å². The van der Waals surface area contributed by atoms with Gasteiger partial charge in [0.25, 0.3) is 0 Å². The lowest BCUT2D eigenvalue weighted by atomic mass is 9.90. The van der Waals surface area contributed by atoms with E-state index in [2.05, 4.69) is 10.1 Å². The molecule has 0 radical (unpaired) electrons. The Morgan fingerprint density at radius 2 is 2.50 bits per heavy atom. The zero-order valence-electron chi connectivity index (χ0n) is 9.56. The summed E-state index contributed by atoms with van der Waals surface area (Å²) in [4.78, 5) is 13.2. The summed E-state index contributed by atoms with van der Waals surface area (Å²) in [6, 6.07) is 1.89. The zero-order valence-corrected chi connectivity index (χ0v) is 9.56. The molecule has 0 aromatic carbocycles. The van der Waals surface area contributed by atoms with Gasteiger partial charge in [-0.3, -0.25) is 9.69 Å². The molecule has 1 aliphatic rings. The minimum atomic E-state index is -0.716. The predicted octanol–water partition coefficient (Wildman–Crippen LogP) is 1.28. The van der Waals surface area contributed by atoms with Gasteiger partial charge in [-0.25, -0.2) is 0 Å². The van der Waals surface area contributed by atoms with Gasteiger partial charge in [0.05, 0.1) is 11.1 Å². The predicted molar refractivity (Wildman–Crippen MR) is 56.9 cm³/mol. The van der Waals surface area contributed by atoms with Crippen molar-refractivity contribution in [3.05, 3.63) is 17.5 Å². The van der Waals surface area contributed by atoms with Crippen LogP contribution in [-0.4, -0.2) is 34.2 Å². The van der Waals surface area contributed by atoms with Crippen LogP contribution in [0.3, 0.4) is 0 Å². The van der Waals surface area contributed by atoms with Crippen molar-refractivity contribution in [2.75, 3.05) is 13.1 Å². The third-order valence-electron chi connectivity index (χ3n) is 3.13. The molecule has 1 unspecified atom stereocenters. The Balaban J connectivity index is 1.97. The Kier molecular flexibility index (Phi) is 2.71. The van der Waals surface area contributed by atoms with Gasteiger partial charge in [-0.15, -0.1) is 0 Å². The van der Waals surface area contributed by atoms with Crippen molar-refractivity contribution >= 4 is 5.97 Å². The standard InChI is InChI=1S/C11H16N2O3/c1-8-5-9(12-16-8)6-13-4-3-11(2,7-13)10(14)15/h5H,3-4,6-7H2,1-2H3,(H,14,15). The molecule has 1 saturated heterocycles. The highest BCUT2D eigenvalue weighted by molar-refractivity contribution is 5.74. The second-order valence-electron chi connectivity index (χ2n) is 4.76. The van der Waals surface area contributed by atoms with Crippen molar-refractivity contribution in [3.8, 4) is 0 Å². The Morgan fingerprint density at radius 3 is 3.00 bits per heavy atom. The lowest BCUT2D eigenvalue weighted by Gasteiger charge is -2.18. The average Bonchev–Trinajstić information content (AvgIpc) is 2.75. The van der Waals surface area contributed by atoms with Crippen LogP contribution in [0.15, 0.2) is 10.6 Å². The second kappa shape index (κ2) is 3.90. The van der Waals surface area contributed by atoms with E-state index in [1.54, 1.807) is 6.92 Å². The van der Waals surface area contributed by atoms with Crippen LogP contribution in [0.5, 0.6) is 0 Å². The number of likely N-dealkylation sites (tertiary alicyclic amines) is 1. The fourth-order valence-electron chi connectivity index (χ4n) is 2.09. The molecule has 1 atom stereocenters. The first-order chi connectivity index (χ1) is 7.49. The average molecular weight is 224 g/mol. The van der Waals surface area contributed by atoms with Crippen LogP contribution in [0.2, 0.25) is 0 Å². The van der Waals surface area contributed by atoms with Gasteiger partial charge in [0.2, 0.25) is 0 Å². The van der Waals surface area contributed by atoms with E-state index in [0.717, 1.165) is 18.0 Å². The van der Waals surface area contributed by atoms with E-state index in [1.165, 1.54) is 0 Å². The number of nitrogens with zero attached hydrogens (tertiary/aromatic N) is 2. The Hall–Kier alpha value is -1.36. The van der Waals surface area contributed by atoms with Crippen LogP contribution in [0.4, 0.5) is 0 Å². The molecule has 1 aliphatic heterocycles. The topological polar surface area (TPSA) is 66.6 Å². The maximum absolute atomic E-state index is 11.1. The molecule has 5 heteroatoms. The summed E-state index contributed by atoms with van der Waals surface area (Å²) in [6.07, 6.45) is 0.694.